The summed E-state index contributed by atoms with van der Waals surface area (Å²) >= 11 is 0. The highest BCUT2D eigenvalue weighted by Crippen LogP contribution is 2.39. The number of carboxylic acid groups (broad SMARTS) is 1. The summed E-state index contributed by atoms with van der Waals surface area (Å²) in [6, 6.07) is 8.64. The lowest BCUT2D eigenvalue weighted by Crippen LogP contribution is -2.30. The second-order valence-electron chi connectivity index (χ2n) is 4.62. The topological polar surface area (TPSA) is 133 Å². The highest BCUT2D eigenvalue weighted by atomic mass is 31.2. The van der Waals surface area contributed by atoms with Crippen LogP contribution in [0.15, 0.2) is 30.3 Å². The number of carboxylic acids is 1. The molecule has 1 atom stereocenters. The van der Waals surface area contributed by atoms with E-state index in [1.165, 1.54) is 0 Å². The molecule has 0 aliphatic rings. The molecule has 1 aromatic rings. The van der Waals surface area contributed by atoms with Crippen LogP contribution in [-0.4, -0.2) is 46.3 Å². The highest BCUT2D eigenvalue weighted by Gasteiger charge is 2.23. The molecular formula is C13H18NO7P. The lowest BCUT2D eigenvalue weighted by molar-refractivity contribution is -0.137. The van der Waals surface area contributed by atoms with Crippen LogP contribution in [-0.2, 0) is 14.1 Å². The largest absolute Gasteiger partial charge is 0.481 e. The zero-order valence-corrected chi connectivity index (χ0v) is 12.6. The predicted octanol–water partition coefficient (Wildman–Crippen LogP) is 1.15. The Morgan fingerprint density at radius 1 is 1.23 bits per heavy atom. The van der Waals surface area contributed by atoms with Gasteiger partial charge in [-0.15, -0.1) is 0 Å². The van der Waals surface area contributed by atoms with E-state index in [0.29, 0.717) is 5.56 Å². The Hall–Kier alpha value is -1.89. The first kappa shape index (κ1) is 18.2. The number of carbonyl (C=O) groups excluding carboxylic acids is 1. The van der Waals surface area contributed by atoms with E-state index in [2.05, 4.69) is 10.1 Å². The molecule has 1 aromatic carbocycles. The molecule has 8 nitrogen and oxygen atoms in total. The van der Waals surface area contributed by atoms with Gasteiger partial charge >= 0.3 is 19.7 Å². The van der Waals surface area contributed by atoms with Gasteiger partial charge in [0.1, 0.15) is 6.61 Å². The van der Waals surface area contributed by atoms with Gasteiger partial charge in [0.25, 0.3) is 0 Å². The quantitative estimate of drug-likeness (QED) is 0.525. The number of benzene rings is 1. The summed E-state index contributed by atoms with van der Waals surface area (Å²) in [5.74, 6) is -1.66. The summed E-state index contributed by atoms with van der Waals surface area (Å²) in [6.45, 7) is -0.295. The molecule has 0 radical (unpaired) electrons. The molecule has 4 N–H and O–H groups in total. The average Bonchev–Trinajstić information content (AvgIpc) is 2.43. The molecule has 1 amide bonds. The van der Waals surface area contributed by atoms with E-state index in [1.54, 1.807) is 30.3 Å². The Kier molecular flexibility index (Phi) is 7.04. The third kappa shape index (κ3) is 7.78. The molecule has 0 aliphatic carbocycles. The number of amides is 1. The second-order valence-corrected chi connectivity index (χ2v) is 6.31. The first-order chi connectivity index (χ1) is 10.3. The van der Waals surface area contributed by atoms with E-state index < -0.39 is 31.7 Å². The first-order valence-electron chi connectivity index (χ1n) is 6.50. The number of hydrogen-bond acceptors (Lipinski definition) is 4. The Morgan fingerprint density at radius 3 is 2.41 bits per heavy atom. The summed E-state index contributed by atoms with van der Waals surface area (Å²) < 4.78 is 15.8. The maximum Gasteiger partial charge on any atom is 0.407 e. The minimum absolute atomic E-state index is 0.0268. The van der Waals surface area contributed by atoms with Gasteiger partial charge in [0.05, 0.1) is 12.6 Å². The SMILES string of the molecule is O=C(O)CCOC(=O)NCC(CP(=O)(O)O)c1ccccc1. The van der Waals surface area contributed by atoms with E-state index in [9.17, 15) is 14.2 Å². The number of aliphatic carboxylic acids is 1. The zero-order valence-electron chi connectivity index (χ0n) is 11.7. The average molecular weight is 331 g/mol. The maximum atomic E-state index is 11.4. The molecule has 9 heteroatoms. The fourth-order valence-corrected chi connectivity index (χ4v) is 2.70. The number of alkyl carbamates (subject to hydrolysis) is 1. The molecule has 22 heavy (non-hydrogen) atoms. The van der Waals surface area contributed by atoms with Gasteiger partial charge in [-0.3, -0.25) is 9.36 Å². The lowest BCUT2D eigenvalue weighted by Gasteiger charge is -2.18. The lowest BCUT2D eigenvalue weighted by atomic mass is 10.0. The van der Waals surface area contributed by atoms with Crippen molar-refractivity contribution < 1.29 is 33.8 Å². The van der Waals surface area contributed by atoms with Crippen molar-refractivity contribution in [3.05, 3.63) is 35.9 Å². The van der Waals surface area contributed by atoms with E-state index in [1.807, 2.05) is 0 Å². The van der Waals surface area contributed by atoms with Gasteiger partial charge < -0.3 is 24.9 Å². The predicted molar refractivity (Wildman–Crippen MR) is 77.7 cm³/mol. The van der Waals surface area contributed by atoms with Gasteiger partial charge in [0.2, 0.25) is 0 Å². The summed E-state index contributed by atoms with van der Waals surface area (Å²) in [4.78, 5) is 39.9. The maximum absolute atomic E-state index is 11.4. The van der Waals surface area contributed by atoms with E-state index in [0.717, 1.165) is 0 Å². The summed E-state index contributed by atoms with van der Waals surface area (Å²) in [5, 5.41) is 10.8. The van der Waals surface area contributed by atoms with Crippen molar-refractivity contribution in [2.45, 2.75) is 12.3 Å². The van der Waals surface area contributed by atoms with Gasteiger partial charge in [-0.05, 0) is 5.56 Å². The van der Waals surface area contributed by atoms with Gasteiger partial charge in [0.15, 0.2) is 0 Å². The van der Waals surface area contributed by atoms with Crippen LogP contribution in [0.4, 0.5) is 4.79 Å². The summed E-state index contributed by atoms with van der Waals surface area (Å²) in [6.07, 6.45) is -1.54. The number of rotatable bonds is 8. The van der Waals surface area contributed by atoms with Crippen LogP contribution in [0.25, 0.3) is 0 Å². The van der Waals surface area contributed by atoms with Crippen molar-refractivity contribution in [1.29, 1.82) is 0 Å². The van der Waals surface area contributed by atoms with Crippen LogP contribution in [0.5, 0.6) is 0 Å². The molecule has 0 aromatic heterocycles. The van der Waals surface area contributed by atoms with Crippen LogP contribution < -0.4 is 5.32 Å². The summed E-state index contributed by atoms with van der Waals surface area (Å²) in [7, 11) is -4.25. The first-order valence-corrected chi connectivity index (χ1v) is 8.29. The van der Waals surface area contributed by atoms with Crippen molar-refractivity contribution >= 4 is 19.7 Å². The molecule has 0 saturated carbocycles. The number of nitrogens with one attached hydrogen (secondary N) is 1. The smallest absolute Gasteiger partial charge is 0.407 e. The zero-order chi connectivity index (χ0) is 16.6. The van der Waals surface area contributed by atoms with Crippen molar-refractivity contribution in [1.82, 2.24) is 5.32 Å². The summed E-state index contributed by atoms with van der Waals surface area (Å²) in [5.41, 5.74) is 0.677. The normalized spacial score (nSPS) is 12.5. The third-order valence-corrected chi connectivity index (χ3v) is 3.69. The molecule has 1 rings (SSSR count). The molecule has 0 bridgehead atoms. The minimum Gasteiger partial charge on any atom is -0.481 e. The molecule has 0 fully saturated rings. The number of ether oxygens (including phenoxy) is 1. The van der Waals surface area contributed by atoms with Gasteiger partial charge in [-0.2, -0.15) is 0 Å². The van der Waals surface area contributed by atoms with Gasteiger partial charge in [-0.25, -0.2) is 4.79 Å². The Labute approximate surface area is 127 Å². The van der Waals surface area contributed by atoms with Crippen molar-refractivity contribution in [2.75, 3.05) is 19.3 Å². The van der Waals surface area contributed by atoms with Crippen molar-refractivity contribution in [3.8, 4) is 0 Å². The monoisotopic (exact) mass is 331 g/mol. The Balaban J connectivity index is 2.57. The molecule has 1 unspecified atom stereocenters. The van der Waals surface area contributed by atoms with Gasteiger partial charge in [-0.1, -0.05) is 30.3 Å². The standard InChI is InChI=1S/C13H18NO7P/c15-12(16)6-7-21-13(17)14-8-11(9-22(18,19)20)10-4-2-1-3-5-10/h1-5,11H,6-9H2,(H,14,17)(H,15,16)(H2,18,19,20). The van der Waals surface area contributed by atoms with Crippen LogP contribution >= 0.6 is 7.60 Å². The minimum atomic E-state index is -4.25. The van der Waals surface area contributed by atoms with Crippen molar-refractivity contribution in [2.24, 2.45) is 0 Å². The van der Waals surface area contributed by atoms with E-state index in [4.69, 9.17) is 14.9 Å². The molecular weight excluding hydrogens is 313 g/mol. The molecule has 0 heterocycles. The molecule has 0 aliphatic heterocycles. The molecule has 0 saturated heterocycles. The fraction of sp³-hybridized carbons (Fsp3) is 0.385. The highest BCUT2D eigenvalue weighted by molar-refractivity contribution is 7.51. The van der Waals surface area contributed by atoms with E-state index in [-0.39, 0.29) is 19.6 Å². The second kappa shape index (κ2) is 8.53. The number of carbonyl (C=O) groups is 2. The number of hydrogen-bond donors (Lipinski definition) is 4. The van der Waals surface area contributed by atoms with E-state index >= 15 is 0 Å². The molecule has 122 valence electrons. The Morgan fingerprint density at radius 2 is 1.86 bits per heavy atom. The van der Waals surface area contributed by atoms with Gasteiger partial charge in [0, 0.05) is 12.5 Å². The molecule has 0 spiro atoms. The van der Waals surface area contributed by atoms with Crippen LogP contribution in [0, 0.1) is 0 Å². The van der Waals surface area contributed by atoms with Crippen molar-refractivity contribution in [3.63, 3.8) is 0 Å². The van der Waals surface area contributed by atoms with Crippen LogP contribution in [0.2, 0.25) is 0 Å². The fourth-order valence-electron chi connectivity index (χ4n) is 1.79. The Bertz CT molecular complexity index is 543. The van der Waals surface area contributed by atoms with Crippen LogP contribution in [0.3, 0.4) is 0 Å². The third-order valence-electron chi connectivity index (χ3n) is 2.77. The van der Waals surface area contributed by atoms with Crippen LogP contribution in [0.1, 0.15) is 17.9 Å².